The van der Waals surface area contributed by atoms with Crippen LogP contribution in [-0.4, -0.2) is 49.7 Å². The SMILES string of the molecule is COCC1(C(=O)N[C@H]2CN(C3Cc4ccccc4C3)C[C@@H]2C2CC2)CC1.Cl. The Morgan fingerprint density at radius 3 is 2.41 bits per heavy atom. The Kier molecular flexibility index (Phi) is 5.26. The number of fused-ring (bicyclic) bond motifs is 1. The summed E-state index contributed by atoms with van der Waals surface area (Å²) in [7, 11) is 1.70. The van der Waals surface area contributed by atoms with E-state index < -0.39 is 0 Å². The average molecular weight is 391 g/mol. The number of hydrogen-bond acceptors (Lipinski definition) is 3. The number of carbonyl (C=O) groups excluding carboxylic acids is 1. The number of rotatable bonds is 6. The molecule has 3 aliphatic carbocycles. The van der Waals surface area contributed by atoms with Gasteiger partial charge in [-0.1, -0.05) is 24.3 Å². The van der Waals surface area contributed by atoms with Crippen molar-refractivity contribution in [2.75, 3.05) is 26.8 Å². The number of nitrogens with zero attached hydrogens (tertiary/aromatic N) is 1. The van der Waals surface area contributed by atoms with Crippen molar-refractivity contribution in [3.8, 4) is 0 Å². The second-order valence-electron chi connectivity index (χ2n) is 9.08. The van der Waals surface area contributed by atoms with E-state index in [2.05, 4.69) is 34.5 Å². The molecule has 5 heteroatoms. The first-order valence-electron chi connectivity index (χ1n) is 10.3. The lowest BCUT2D eigenvalue weighted by molar-refractivity contribution is -0.129. The van der Waals surface area contributed by atoms with Gasteiger partial charge in [0, 0.05) is 32.3 Å². The summed E-state index contributed by atoms with van der Waals surface area (Å²) in [5.41, 5.74) is 2.81. The van der Waals surface area contributed by atoms with Crippen LogP contribution in [-0.2, 0) is 22.4 Å². The van der Waals surface area contributed by atoms with E-state index in [4.69, 9.17) is 4.74 Å². The van der Waals surface area contributed by atoms with Gasteiger partial charge in [-0.3, -0.25) is 9.69 Å². The van der Waals surface area contributed by atoms with Gasteiger partial charge in [0.05, 0.1) is 12.0 Å². The average Bonchev–Trinajstić information content (AvgIpc) is 3.55. The number of amides is 1. The first-order chi connectivity index (χ1) is 12.7. The van der Waals surface area contributed by atoms with Gasteiger partial charge in [-0.05, 0) is 61.5 Å². The number of methoxy groups -OCH3 is 1. The van der Waals surface area contributed by atoms with Crippen molar-refractivity contribution < 1.29 is 9.53 Å². The van der Waals surface area contributed by atoms with Crippen molar-refractivity contribution in [2.45, 2.75) is 50.6 Å². The molecule has 1 heterocycles. The smallest absolute Gasteiger partial charge is 0.228 e. The van der Waals surface area contributed by atoms with Crippen LogP contribution in [0.5, 0.6) is 0 Å². The molecule has 4 aliphatic rings. The summed E-state index contributed by atoms with van der Waals surface area (Å²) in [5, 5.41) is 3.45. The molecule has 0 aromatic heterocycles. The van der Waals surface area contributed by atoms with Gasteiger partial charge in [0.25, 0.3) is 0 Å². The molecule has 27 heavy (non-hydrogen) atoms. The molecule has 3 fully saturated rings. The van der Waals surface area contributed by atoms with E-state index in [1.54, 1.807) is 7.11 Å². The highest BCUT2D eigenvalue weighted by Crippen LogP contribution is 2.47. The van der Waals surface area contributed by atoms with Gasteiger partial charge in [0.1, 0.15) is 0 Å². The fourth-order valence-corrected chi connectivity index (χ4v) is 5.29. The molecule has 1 amide bonds. The van der Waals surface area contributed by atoms with Crippen molar-refractivity contribution in [3.63, 3.8) is 0 Å². The fourth-order valence-electron chi connectivity index (χ4n) is 5.29. The molecule has 0 bridgehead atoms. The summed E-state index contributed by atoms with van der Waals surface area (Å²) in [6.07, 6.45) is 6.99. The van der Waals surface area contributed by atoms with Gasteiger partial charge in [-0.25, -0.2) is 0 Å². The summed E-state index contributed by atoms with van der Waals surface area (Å²) >= 11 is 0. The van der Waals surface area contributed by atoms with Crippen LogP contribution in [0.4, 0.5) is 0 Å². The largest absolute Gasteiger partial charge is 0.384 e. The van der Waals surface area contributed by atoms with E-state index >= 15 is 0 Å². The Bertz CT molecular complexity index is 676. The van der Waals surface area contributed by atoms with Crippen molar-refractivity contribution in [2.24, 2.45) is 17.3 Å². The van der Waals surface area contributed by atoms with Gasteiger partial charge in [0.15, 0.2) is 0 Å². The lowest BCUT2D eigenvalue weighted by Crippen LogP contribution is -2.46. The highest BCUT2D eigenvalue weighted by Gasteiger charge is 2.52. The highest BCUT2D eigenvalue weighted by molar-refractivity contribution is 5.86. The van der Waals surface area contributed by atoms with Crippen LogP contribution in [0, 0.1) is 17.3 Å². The maximum absolute atomic E-state index is 12.9. The van der Waals surface area contributed by atoms with Gasteiger partial charge in [0.2, 0.25) is 5.91 Å². The summed E-state index contributed by atoms with van der Waals surface area (Å²) in [6, 6.07) is 9.82. The van der Waals surface area contributed by atoms with E-state index in [0.29, 0.717) is 24.6 Å². The van der Waals surface area contributed by atoms with Crippen LogP contribution < -0.4 is 5.32 Å². The molecule has 0 radical (unpaired) electrons. The maximum atomic E-state index is 12.9. The summed E-state index contributed by atoms with van der Waals surface area (Å²) in [4.78, 5) is 15.5. The molecule has 4 nitrogen and oxygen atoms in total. The molecule has 0 spiro atoms. The molecule has 1 aliphatic heterocycles. The number of benzene rings is 1. The third kappa shape index (κ3) is 3.64. The van der Waals surface area contributed by atoms with Crippen molar-refractivity contribution in [1.29, 1.82) is 0 Å². The molecular weight excluding hydrogens is 360 g/mol. The first kappa shape index (κ1) is 19.2. The fraction of sp³-hybridized carbons (Fsp3) is 0.682. The third-order valence-electron chi connectivity index (χ3n) is 7.24. The van der Waals surface area contributed by atoms with E-state index in [1.807, 2.05) is 0 Å². The summed E-state index contributed by atoms with van der Waals surface area (Å²) in [5.74, 6) is 1.71. The van der Waals surface area contributed by atoms with Crippen LogP contribution in [0.15, 0.2) is 24.3 Å². The van der Waals surface area contributed by atoms with Crippen LogP contribution in [0.1, 0.15) is 36.8 Å². The summed E-state index contributed by atoms with van der Waals surface area (Å²) < 4.78 is 5.31. The maximum Gasteiger partial charge on any atom is 0.228 e. The minimum atomic E-state index is -0.222. The highest BCUT2D eigenvalue weighted by atomic mass is 35.5. The van der Waals surface area contributed by atoms with Gasteiger partial charge < -0.3 is 10.1 Å². The van der Waals surface area contributed by atoms with E-state index in [0.717, 1.165) is 31.8 Å². The first-order valence-corrected chi connectivity index (χ1v) is 10.3. The lowest BCUT2D eigenvalue weighted by atomic mass is 9.97. The van der Waals surface area contributed by atoms with Crippen molar-refractivity contribution in [3.05, 3.63) is 35.4 Å². The topological polar surface area (TPSA) is 41.6 Å². The Morgan fingerprint density at radius 2 is 1.85 bits per heavy atom. The van der Waals surface area contributed by atoms with Crippen LogP contribution in [0.25, 0.3) is 0 Å². The van der Waals surface area contributed by atoms with E-state index in [1.165, 1.54) is 36.8 Å². The monoisotopic (exact) mass is 390 g/mol. The minimum Gasteiger partial charge on any atom is -0.384 e. The minimum absolute atomic E-state index is 0. The van der Waals surface area contributed by atoms with Crippen LogP contribution in [0.2, 0.25) is 0 Å². The molecular formula is C22H31ClN2O2. The molecule has 2 atom stereocenters. The molecule has 148 valence electrons. The Balaban J connectivity index is 0.00000180. The van der Waals surface area contributed by atoms with Gasteiger partial charge in [-0.2, -0.15) is 0 Å². The molecule has 2 saturated carbocycles. The molecule has 1 N–H and O–H groups in total. The Morgan fingerprint density at radius 1 is 1.19 bits per heavy atom. The molecule has 0 unspecified atom stereocenters. The molecule has 1 saturated heterocycles. The number of carbonyl (C=O) groups is 1. The van der Waals surface area contributed by atoms with Crippen molar-refractivity contribution in [1.82, 2.24) is 10.2 Å². The zero-order valence-corrected chi connectivity index (χ0v) is 17.0. The van der Waals surface area contributed by atoms with Gasteiger partial charge >= 0.3 is 0 Å². The number of hydrogen-bond donors (Lipinski definition) is 1. The van der Waals surface area contributed by atoms with Crippen LogP contribution in [0.3, 0.4) is 0 Å². The van der Waals surface area contributed by atoms with E-state index in [-0.39, 0.29) is 23.7 Å². The zero-order valence-electron chi connectivity index (χ0n) is 16.2. The normalized spacial score (nSPS) is 29.2. The molecule has 1 aromatic carbocycles. The standard InChI is InChI=1S/C22H30N2O2.ClH/c1-26-14-22(8-9-22)21(25)23-20-13-24(12-19(20)15-6-7-15)18-10-16-4-2-3-5-17(16)11-18;/h2-5,15,18-20H,6-14H2,1H3,(H,23,25);1H/t19-,20+;/m1./s1. The second-order valence-corrected chi connectivity index (χ2v) is 9.08. The van der Waals surface area contributed by atoms with Crippen molar-refractivity contribution >= 4 is 18.3 Å². The summed E-state index contributed by atoms with van der Waals surface area (Å²) in [6.45, 7) is 2.75. The molecule has 5 rings (SSSR count). The number of ether oxygens (including phenoxy) is 1. The Hall–Kier alpha value is -1.10. The van der Waals surface area contributed by atoms with E-state index in [9.17, 15) is 4.79 Å². The van der Waals surface area contributed by atoms with Crippen LogP contribution >= 0.6 is 12.4 Å². The number of likely N-dealkylation sites (tertiary alicyclic amines) is 1. The molecule has 1 aromatic rings. The third-order valence-corrected chi connectivity index (χ3v) is 7.24. The van der Waals surface area contributed by atoms with Gasteiger partial charge in [-0.15, -0.1) is 12.4 Å². The number of halogens is 1. The Labute approximate surface area is 168 Å². The lowest BCUT2D eigenvalue weighted by Gasteiger charge is -2.24. The predicted octanol–water partition coefficient (Wildman–Crippen LogP) is 2.83. The zero-order chi connectivity index (χ0) is 17.7. The second kappa shape index (κ2) is 7.38. The predicted molar refractivity (Wildman–Crippen MR) is 108 cm³/mol. The quantitative estimate of drug-likeness (QED) is 0.812. The number of nitrogens with one attached hydrogen (secondary N) is 1.